The third kappa shape index (κ3) is 1.09. The predicted octanol–water partition coefficient (Wildman–Crippen LogP) is 2.02. The smallest absolute Gasteiger partial charge is 0.286 e. The maximum Gasteiger partial charge on any atom is 0.331 e. The van der Waals surface area contributed by atoms with E-state index in [0.717, 1.165) is 5.57 Å². The molecular formula is C10H13F2NO. The summed E-state index contributed by atoms with van der Waals surface area (Å²) >= 11 is 0. The highest BCUT2D eigenvalue weighted by molar-refractivity contribution is 5.82. The molecular weight excluding hydrogens is 188 g/mol. The van der Waals surface area contributed by atoms with Crippen molar-refractivity contribution in [3.05, 3.63) is 11.6 Å². The van der Waals surface area contributed by atoms with E-state index >= 15 is 0 Å². The molecule has 1 aliphatic heterocycles. The van der Waals surface area contributed by atoms with Crippen LogP contribution in [0.5, 0.6) is 0 Å². The van der Waals surface area contributed by atoms with Gasteiger partial charge in [-0.25, -0.2) is 0 Å². The largest absolute Gasteiger partial charge is 0.331 e. The lowest BCUT2D eigenvalue weighted by Crippen LogP contribution is -2.38. The molecule has 0 aromatic rings. The minimum atomic E-state index is -2.96. The fraction of sp³-hybridized carbons (Fsp3) is 0.700. The number of hydrogen-bond donors (Lipinski definition) is 0. The topological polar surface area (TPSA) is 20.3 Å². The Morgan fingerprint density at radius 2 is 2.21 bits per heavy atom. The molecule has 1 heterocycles. The van der Waals surface area contributed by atoms with Crippen LogP contribution in [-0.4, -0.2) is 23.9 Å². The average Bonchev–Trinajstić information content (AvgIpc) is 2.28. The van der Waals surface area contributed by atoms with Gasteiger partial charge in [0.1, 0.15) is 0 Å². The average molecular weight is 201 g/mol. The van der Waals surface area contributed by atoms with E-state index in [1.807, 2.05) is 13.0 Å². The lowest BCUT2D eigenvalue weighted by Gasteiger charge is -2.26. The summed E-state index contributed by atoms with van der Waals surface area (Å²) in [5.41, 5.74) is 1.05. The molecule has 1 fully saturated rings. The number of likely N-dealkylation sites (tertiary alicyclic amines) is 1. The van der Waals surface area contributed by atoms with Crippen LogP contribution in [0, 0.1) is 11.8 Å². The van der Waals surface area contributed by atoms with Gasteiger partial charge < -0.3 is 0 Å². The fourth-order valence-corrected chi connectivity index (χ4v) is 2.35. The third-order valence-electron chi connectivity index (χ3n) is 3.29. The molecule has 1 aliphatic carbocycles. The number of allylic oxidation sites excluding steroid dienone is 2. The Hall–Kier alpha value is -0.930. The second-order valence-electron chi connectivity index (χ2n) is 4.19. The molecule has 0 spiro atoms. The van der Waals surface area contributed by atoms with Crippen molar-refractivity contribution in [2.75, 3.05) is 7.05 Å². The van der Waals surface area contributed by atoms with Crippen molar-refractivity contribution in [2.24, 2.45) is 11.8 Å². The van der Waals surface area contributed by atoms with Crippen molar-refractivity contribution >= 4 is 5.91 Å². The molecule has 0 saturated carbocycles. The van der Waals surface area contributed by atoms with Gasteiger partial charge in [0.15, 0.2) is 0 Å². The van der Waals surface area contributed by atoms with Crippen molar-refractivity contribution in [1.82, 2.24) is 4.90 Å². The molecule has 2 aliphatic rings. The Balaban J connectivity index is 2.34. The molecule has 0 radical (unpaired) electrons. The van der Waals surface area contributed by atoms with Gasteiger partial charge in [-0.15, -0.1) is 0 Å². The summed E-state index contributed by atoms with van der Waals surface area (Å²) in [6.07, 6.45) is 2.63. The molecule has 2 nitrogen and oxygen atoms in total. The van der Waals surface area contributed by atoms with Crippen LogP contribution in [0.15, 0.2) is 11.6 Å². The molecule has 0 N–H and O–H groups in total. The van der Waals surface area contributed by atoms with E-state index in [2.05, 4.69) is 0 Å². The van der Waals surface area contributed by atoms with E-state index in [4.69, 9.17) is 0 Å². The first kappa shape index (κ1) is 9.62. The van der Waals surface area contributed by atoms with Gasteiger partial charge in [-0.3, -0.25) is 9.69 Å². The monoisotopic (exact) mass is 201 g/mol. The van der Waals surface area contributed by atoms with Crippen LogP contribution in [0.2, 0.25) is 0 Å². The van der Waals surface area contributed by atoms with Gasteiger partial charge >= 0.3 is 6.05 Å². The zero-order valence-corrected chi connectivity index (χ0v) is 8.26. The van der Waals surface area contributed by atoms with Crippen LogP contribution in [0.1, 0.15) is 19.8 Å². The van der Waals surface area contributed by atoms with Gasteiger partial charge in [0.25, 0.3) is 0 Å². The quantitative estimate of drug-likeness (QED) is 0.433. The molecule has 1 amide bonds. The van der Waals surface area contributed by atoms with E-state index in [0.29, 0.717) is 17.7 Å². The molecule has 0 bridgehead atoms. The molecule has 2 unspecified atom stereocenters. The van der Waals surface area contributed by atoms with Crippen molar-refractivity contribution in [3.8, 4) is 0 Å². The maximum absolute atomic E-state index is 13.5. The van der Waals surface area contributed by atoms with Crippen LogP contribution in [0.25, 0.3) is 0 Å². The fourth-order valence-electron chi connectivity index (χ4n) is 2.35. The molecule has 78 valence electrons. The molecule has 2 atom stereocenters. The van der Waals surface area contributed by atoms with Crippen LogP contribution in [0.4, 0.5) is 8.78 Å². The van der Waals surface area contributed by atoms with E-state index in [-0.39, 0.29) is 0 Å². The minimum absolute atomic E-state index is 0.319. The standard InChI is InChI=1S/C10H13F2NO/c1-6-3-4-8-7(5-6)9(14)13(2)10(8,11)12/h3,7-8H,4-5H2,1-2H3. The number of amides is 1. The number of halogens is 2. The number of fused-ring (bicyclic) bond motifs is 1. The van der Waals surface area contributed by atoms with Gasteiger partial charge in [-0.05, 0) is 19.8 Å². The zero-order chi connectivity index (χ0) is 10.5. The Morgan fingerprint density at radius 3 is 2.86 bits per heavy atom. The number of carbonyl (C=O) groups excluding carboxylic acids is 1. The van der Waals surface area contributed by atoms with E-state index in [1.165, 1.54) is 7.05 Å². The number of hydrogen-bond acceptors (Lipinski definition) is 1. The van der Waals surface area contributed by atoms with Crippen molar-refractivity contribution < 1.29 is 13.6 Å². The number of rotatable bonds is 0. The summed E-state index contributed by atoms with van der Waals surface area (Å²) in [7, 11) is 1.19. The zero-order valence-electron chi connectivity index (χ0n) is 8.26. The van der Waals surface area contributed by atoms with Crippen molar-refractivity contribution in [2.45, 2.75) is 25.8 Å². The number of carbonyl (C=O) groups is 1. The SMILES string of the molecule is CC1=CCC2C(C1)C(=O)N(C)C2(F)F. The summed E-state index contributed by atoms with van der Waals surface area (Å²) < 4.78 is 27.1. The first-order valence-corrected chi connectivity index (χ1v) is 4.75. The molecule has 14 heavy (non-hydrogen) atoms. The van der Waals surface area contributed by atoms with E-state index in [9.17, 15) is 13.6 Å². The highest BCUT2D eigenvalue weighted by atomic mass is 19.3. The van der Waals surface area contributed by atoms with Crippen molar-refractivity contribution in [3.63, 3.8) is 0 Å². The second-order valence-corrected chi connectivity index (χ2v) is 4.19. The number of alkyl halides is 2. The summed E-state index contributed by atoms with van der Waals surface area (Å²) in [5, 5.41) is 0. The molecule has 2 rings (SSSR count). The lowest BCUT2D eigenvalue weighted by molar-refractivity contribution is -0.159. The molecule has 0 aromatic heterocycles. The first-order valence-electron chi connectivity index (χ1n) is 4.75. The van der Waals surface area contributed by atoms with Crippen LogP contribution in [-0.2, 0) is 4.79 Å². The van der Waals surface area contributed by atoms with Crippen LogP contribution >= 0.6 is 0 Å². The van der Waals surface area contributed by atoms with Crippen molar-refractivity contribution in [1.29, 1.82) is 0 Å². The summed E-state index contributed by atoms with van der Waals surface area (Å²) in [6.45, 7) is 1.89. The van der Waals surface area contributed by atoms with E-state index in [1.54, 1.807) is 0 Å². The summed E-state index contributed by atoms with van der Waals surface area (Å²) in [4.78, 5) is 12.1. The molecule has 4 heteroatoms. The maximum atomic E-state index is 13.5. The van der Waals surface area contributed by atoms with Gasteiger partial charge in [0, 0.05) is 7.05 Å². The van der Waals surface area contributed by atoms with Gasteiger partial charge in [-0.2, -0.15) is 8.78 Å². The normalized spacial score (nSPS) is 35.6. The molecule has 1 saturated heterocycles. The Morgan fingerprint density at radius 1 is 1.57 bits per heavy atom. The third-order valence-corrected chi connectivity index (χ3v) is 3.29. The summed E-state index contributed by atoms with van der Waals surface area (Å²) in [6, 6.07) is -2.96. The Labute approximate surface area is 81.6 Å². The highest BCUT2D eigenvalue weighted by Crippen LogP contribution is 2.47. The van der Waals surface area contributed by atoms with Crippen LogP contribution in [0.3, 0.4) is 0 Å². The van der Waals surface area contributed by atoms with Gasteiger partial charge in [0.2, 0.25) is 5.91 Å². The van der Waals surface area contributed by atoms with Gasteiger partial charge in [-0.1, -0.05) is 11.6 Å². The van der Waals surface area contributed by atoms with Gasteiger partial charge in [0.05, 0.1) is 11.8 Å². The second kappa shape index (κ2) is 2.78. The lowest BCUT2D eigenvalue weighted by atomic mass is 9.81. The number of nitrogens with zero attached hydrogens (tertiary/aromatic N) is 1. The minimum Gasteiger partial charge on any atom is -0.286 e. The van der Waals surface area contributed by atoms with Crippen LogP contribution < -0.4 is 0 Å². The molecule has 0 aromatic carbocycles. The predicted molar refractivity (Wildman–Crippen MR) is 47.7 cm³/mol. The van der Waals surface area contributed by atoms with E-state index < -0.39 is 23.8 Å². The Bertz CT molecular complexity index is 311. The Kier molecular flexibility index (Phi) is 1.91. The first-order chi connectivity index (χ1) is 6.44. The highest BCUT2D eigenvalue weighted by Gasteiger charge is 2.59. The summed E-state index contributed by atoms with van der Waals surface area (Å²) in [5.74, 6) is -1.73.